The molecule has 14 heavy (non-hydrogen) atoms. The Bertz CT molecular complexity index is 173. The predicted molar refractivity (Wildman–Crippen MR) is 67.1 cm³/mol. The molecule has 84 valence electrons. The lowest BCUT2D eigenvalue weighted by molar-refractivity contribution is 0.138. The molecule has 0 aromatic carbocycles. The van der Waals surface area contributed by atoms with E-state index in [1.54, 1.807) is 0 Å². The molecule has 3 heteroatoms. The van der Waals surface area contributed by atoms with Gasteiger partial charge in [0.1, 0.15) is 0 Å². The van der Waals surface area contributed by atoms with Crippen molar-refractivity contribution < 1.29 is 4.43 Å². The third-order valence-corrected chi connectivity index (χ3v) is 3.84. The Kier molecular flexibility index (Phi) is 7.10. The SMILES string of the molecule is CCC(C)=NCCC[SiH2]OC(C)(C)C. The van der Waals surface area contributed by atoms with Crippen LogP contribution < -0.4 is 0 Å². The van der Waals surface area contributed by atoms with E-state index in [4.69, 9.17) is 4.43 Å². The van der Waals surface area contributed by atoms with Gasteiger partial charge in [-0.15, -0.1) is 0 Å². The molecular formula is C11H25NOSi. The molecule has 0 aromatic rings. The molecule has 0 bridgehead atoms. The second kappa shape index (κ2) is 7.18. The van der Waals surface area contributed by atoms with Crippen molar-refractivity contribution in [2.45, 2.75) is 59.1 Å². The maximum Gasteiger partial charge on any atom is 0.162 e. The summed E-state index contributed by atoms with van der Waals surface area (Å²) in [4.78, 5) is 4.46. The minimum absolute atomic E-state index is 0.0643. The number of rotatable bonds is 6. The van der Waals surface area contributed by atoms with Crippen LogP contribution in [0.3, 0.4) is 0 Å². The zero-order valence-electron chi connectivity index (χ0n) is 10.4. The van der Waals surface area contributed by atoms with E-state index in [1.807, 2.05) is 0 Å². The number of aliphatic imine (C=N–C) groups is 1. The van der Waals surface area contributed by atoms with Gasteiger partial charge in [0.15, 0.2) is 9.76 Å². The molecule has 0 N–H and O–H groups in total. The van der Waals surface area contributed by atoms with Gasteiger partial charge in [-0.25, -0.2) is 0 Å². The molecule has 0 aromatic heterocycles. The summed E-state index contributed by atoms with van der Waals surface area (Å²) in [6, 6.07) is 1.25. The van der Waals surface area contributed by atoms with Gasteiger partial charge in [0.05, 0.1) is 0 Å². The molecule has 0 saturated heterocycles. The first-order chi connectivity index (χ1) is 6.45. The van der Waals surface area contributed by atoms with Crippen LogP contribution in [0, 0.1) is 0 Å². The van der Waals surface area contributed by atoms with E-state index in [2.05, 4.69) is 39.6 Å². The lowest BCUT2D eigenvalue weighted by Gasteiger charge is -2.19. The van der Waals surface area contributed by atoms with Crippen LogP contribution in [0.1, 0.15) is 47.5 Å². The summed E-state index contributed by atoms with van der Waals surface area (Å²) in [5, 5.41) is 0. The predicted octanol–water partition coefficient (Wildman–Crippen LogP) is 2.56. The molecule has 0 rings (SSSR count). The maximum absolute atomic E-state index is 5.75. The van der Waals surface area contributed by atoms with Crippen molar-refractivity contribution >= 4 is 15.5 Å². The Hall–Kier alpha value is -0.153. The van der Waals surface area contributed by atoms with E-state index in [9.17, 15) is 0 Å². The largest absolute Gasteiger partial charge is 0.419 e. The molecule has 0 unspecified atom stereocenters. The highest BCUT2D eigenvalue weighted by Gasteiger charge is 2.08. The third-order valence-electron chi connectivity index (χ3n) is 1.98. The molecule has 0 radical (unpaired) electrons. The minimum Gasteiger partial charge on any atom is -0.419 e. The zero-order chi connectivity index (χ0) is 11.0. The van der Waals surface area contributed by atoms with Gasteiger partial charge in [-0.2, -0.15) is 0 Å². The van der Waals surface area contributed by atoms with Crippen LogP contribution in [0.4, 0.5) is 0 Å². The van der Waals surface area contributed by atoms with E-state index in [0.29, 0.717) is 0 Å². The van der Waals surface area contributed by atoms with E-state index in [0.717, 1.165) is 13.0 Å². The molecule has 0 amide bonds. The monoisotopic (exact) mass is 215 g/mol. The molecule has 0 heterocycles. The Morgan fingerprint density at radius 1 is 1.36 bits per heavy atom. The second-order valence-corrected chi connectivity index (χ2v) is 6.04. The Balaban J connectivity index is 3.31. The summed E-state index contributed by atoms with van der Waals surface area (Å²) < 4.78 is 5.75. The Labute approximate surface area is 91.1 Å². The van der Waals surface area contributed by atoms with Gasteiger partial charge in [-0.05, 0) is 46.6 Å². The minimum atomic E-state index is -0.313. The fourth-order valence-electron chi connectivity index (χ4n) is 0.974. The van der Waals surface area contributed by atoms with Crippen LogP contribution in [-0.2, 0) is 4.43 Å². The summed E-state index contributed by atoms with van der Waals surface area (Å²) >= 11 is 0. The first-order valence-corrected chi connectivity index (χ1v) is 7.17. The Morgan fingerprint density at radius 2 is 2.00 bits per heavy atom. The van der Waals surface area contributed by atoms with Gasteiger partial charge < -0.3 is 4.43 Å². The van der Waals surface area contributed by atoms with Crippen LogP contribution in [0.2, 0.25) is 6.04 Å². The third kappa shape index (κ3) is 9.93. The molecule has 0 fully saturated rings. The molecular weight excluding hydrogens is 190 g/mol. The normalized spacial score (nSPS) is 14.2. The Morgan fingerprint density at radius 3 is 2.50 bits per heavy atom. The highest BCUT2D eigenvalue weighted by atomic mass is 28.2. The second-order valence-electron chi connectivity index (χ2n) is 4.64. The van der Waals surface area contributed by atoms with E-state index >= 15 is 0 Å². The topological polar surface area (TPSA) is 21.6 Å². The van der Waals surface area contributed by atoms with Gasteiger partial charge >= 0.3 is 0 Å². The van der Waals surface area contributed by atoms with Crippen LogP contribution in [0.15, 0.2) is 4.99 Å². The van der Waals surface area contributed by atoms with Gasteiger partial charge in [0, 0.05) is 17.9 Å². The lowest BCUT2D eigenvalue weighted by Crippen LogP contribution is -2.21. The molecule has 2 nitrogen and oxygen atoms in total. The van der Waals surface area contributed by atoms with Gasteiger partial charge in [-0.1, -0.05) is 6.92 Å². The molecule has 0 aliphatic heterocycles. The van der Waals surface area contributed by atoms with Crippen molar-refractivity contribution in [1.82, 2.24) is 0 Å². The first kappa shape index (κ1) is 13.8. The maximum atomic E-state index is 5.75. The standard InChI is InChI=1S/C11H25NOSi/c1-6-10(2)12-8-7-9-14-13-11(3,4)5/h6-9,14H2,1-5H3. The van der Waals surface area contributed by atoms with Crippen molar-refractivity contribution in [2.75, 3.05) is 6.54 Å². The fraction of sp³-hybridized carbons (Fsp3) is 0.909. The van der Waals surface area contributed by atoms with Crippen molar-refractivity contribution in [3.63, 3.8) is 0 Å². The lowest BCUT2D eigenvalue weighted by atomic mass is 10.2. The van der Waals surface area contributed by atoms with E-state index in [-0.39, 0.29) is 15.4 Å². The fourth-order valence-corrected chi connectivity index (χ4v) is 2.16. The highest BCUT2D eigenvalue weighted by molar-refractivity contribution is 6.27. The number of hydrogen-bond acceptors (Lipinski definition) is 2. The summed E-state index contributed by atoms with van der Waals surface area (Å²) in [5.74, 6) is 0. The molecule has 0 atom stereocenters. The molecule has 0 aliphatic carbocycles. The quantitative estimate of drug-likeness (QED) is 0.379. The van der Waals surface area contributed by atoms with Gasteiger partial charge in [0.2, 0.25) is 0 Å². The zero-order valence-corrected chi connectivity index (χ0v) is 11.8. The average Bonchev–Trinajstić information content (AvgIpc) is 2.08. The summed E-state index contributed by atoms with van der Waals surface area (Å²) in [6.45, 7) is 11.6. The molecule has 0 aliphatic rings. The van der Waals surface area contributed by atoms with Crippen molar-refractivity contribution in [2.24, 2.45) is 4.99 Å². The van der Waals surface area contributed by atoms with Crippen LogP contribution in [0.25, 0.3) is 0 Å². The molecule has 0 saturated carbocycles. The van der Waals surface area contributed by atoms with Gasteiger partial charge in [-0.3, -0.25) is 4.99 Å². The van der Waals surface area contributed by atoms with Crippen molar-refractivity contribution in [1.29, 1.82) is 0 Å². The number of nitrogens with zero attached hydrogens (tertiary/aromatic N) is 1. The summed E-state index contributed by atoms with van der Waals surface area (Å²) in [5.41, 5.74) is 1.33. The van der Waals surface area contributed by atoms with Crippen molar-refractivity contribution in [3.05, 3.63) is 0 Å². The smallest absolute Gasteiger partial charge is 0.162 e. The van der Waals surface area contributed by atoms with E-state index in [1.165, 1.54) is 18.2 Å². The average molecular weight is 215 g/mol. The van der Waals surface area contributed by atoms with Gasteiger partial charge in [0.25, 0.3) is 0 Å². The van der Waals surface area contributed by atoms with Crippen molar-refractivity contribution in [3.8, 4) is 0 Å². The highest BCUT2D eigenvalue weighted by Crippen LogP contribution is 2.06. The van der Waals surface area contributed by atoms with Crippen LogP contribution >= 0.6 is 0 Å². The summed E-state index contributed by atoms with van der Waals surface area (Å²) in [7, 11) is -0.313. The number of hydrogen-bond donors (Lipinski definition) is 0. The molecule has 0 spiro atoms. The summed E-state index contributed by atoms with van der Waals surface area (Å²) in [6.07, 6.45) is 2.27. The van der Waals surface area contributed by atoms with E-state index < -0.39 is 0 Å². The van der Waals surface area contributed by atoms with Crippen LogP contribution in [0.5, 0.6) is 0 Å². The van der Waals surface area contributed by atoms with Crippen LogP contribution in [-0.4, -0.2) is 27.6 Å². The first-order valence-electron chi connectivity index (χ1n) is 5.59.